The predicted molar refractivity (Wildman–Crippen MR) is 93.5 cm³/mol. The van der Waals surface area contributed by atoms with Crippen molar-refractivity contribution in [2.75, 3.05) is 5.75 Å². The summed E-state index contributed by atoms with van der Waals surface area (Å²) in [6.45, 7) is 9.00. The Morgan fingerprint density at radius 2 is 2.00 bits per heavy atom. The largest absolute Gasteiger partial charge is 0.271 e. The van der Waals surface area contributed by atoms with Gasteiger partial charge in [0.25, 0.3) is 0 Å². The van der Waals surface area contributed by atoms with E-state index in [2.05, 4.69) is 74.8 Å². The lowest BCUT2D eigenvalue weighted by molar-refractivity contribution is 0.521. The lowest BCUT2D eigenvalue weighted by Crippen LogP contribution is -2.47. The van der Waals surface area contributed by atoms with E-state index in [9.17, 15) is 0 Å². The van der Waals surface area contributed by atoms with Crippen LogP contribution in [-0.2, 0) is 6.42 Å². The van der Waals surface area contributed by atoms with Crippen LogP contribution in [0.2, 0.25) is 0 Å². The summed E-state index contributed by atoms with van der Waals surface area (Å²) < 4.78 is 0. The molecule has 1 fully saturated rings. The average molecular weight is 311 g/mol. The van der Waals surface area contributed by atoms with Crippen LogP contribution in [0.5, 0.6) is 0 Å². The van der Waals surface area contributed by atoms with E-state index in [-0.39, 0.29) is 0 Å². The average Bonchev–Trinajstić information content (AvgIpc) is 2.43. The van der Waals surface area contributed by atoms with Crippen LogP contribution in [-0.4, -0.2) is 27.5 Å². The van der Waals surface area contributed by atoms with Gasteiger partial charge in [-0.2, -0.15) is 23.5 Å². The maximum atomic E-state index is 5.83. The molecular weight excluding hydrogens is 284 g/mol. The van der Waals surface area contributed by atoms with Crippen molar-refractivity contribution in [3.05, 3.63) is 34.9 Å². The zero-order chi connectivity index (χ0) is 14.7. The fraction of sp³-hybridized carbons (Fsp3) is 0.625. The molecule has 20 heavy (non-hydrogen) atoms. The fourth-order valence-corrected chi connectivity index (χ4v) is 5.61. The summed E-state index contributed by atoms with van der Waals surface area (Å²) in [5.41, 5.74) is 7.16. The lowest BCUT2D eigenvalue weighted by Gasteiger charge is -2.35. The lowest BCUT2D eigenvalue weighted by atomic mass is 10.00. The van der Waals surface area contributed by atoms with Crippen LogP contribution in [0, 0.1) is 13.8 Å². The van der Waals surface area contributed by atoms with Crippen LogP contribution >= 0.6 is 23.5 Å². The van der Waals surface area contributed by atoms with Gasteiger partial charge in [0.05, 0.1) is 0 Å². The summed E-state index contributed by atoms with van der Waals surface area (Å²) in [5.74, 6) is 7.02. The molecular formula is C16H26N2S2. The maximum absolute atomic E-state index is 5.83. The summed E-state index contributed by atoms with van der Waals surface area (Å²) in [7, 11) is 0. The van der Waals surface area contributed by atoms with Crippen molar-refractivity contribution >= 4 is 23.5 Å². The smallest absolute Gasteiger partial charge is 0.0377 e. The molecule has 3 N–H and O–H groups in total. The number of hydrogen-bond donors (Lipinski definition) is 2. The molecule has 0 bridgehead atoms. The third-order valence-corrected chi connectivity index (χ3v) is 7.81. The van der Waals surface area contributed by atoms with E-state index in [0.717, 1.165) is 11.7 Å². The summed E-state index contributed by atoms with van der Waals surface area (Å²) in [6.07, 6.45) is 1.01. The van der Waals surface area contributed by atoms with E-state index in [0.29, 0.717) is 16.5 Å². The van der Waals surface area contributed by atoms with Crippen LogP contribution < -0.4 is 11.3 Å². The molecule has 112 valence electrons. The number of thioether (sulfide) groups is 2. The van der Waals surface area contributed by atoms with E-state index in [1.165, 1.54) is 22.4 Å². The van der Waals surface area contributed by atoms with E-state index in [1.807, 2.05) is 0 Å². The van der Waals surface area contributed by atoms with Gasteiger partial charge in [-0.05, 0) is 37.0 Å². The Hall–Kier alpha value is -0.160. The molecule has 4 atom stereocenters. The molecule has 2 rings (SSSR count). The second-order valence-corrected chi connectivity index (χ2v) is 8.85. The maximum Gasteiger partial charge on any atom is 0.0377 e. The van der Waals surface area contributed by atoms with Gasteiger partial charge >= 0.3 is 0 Å². The fourth-order valence-electron chi connectivity index (χ4n) is 2.50. The van der Waals surface area contributed by atoms with Gasteiger partial charge in [-0.15, -0.1) is 0 Å². The molecule has 4 heteroatoms. The molecule has 1 aliphatic rings. The number of nitrogens with two attached hydrogens (primary N) is 1. The van der Waals surface area contributed by atoms with Crippen LogP contribution in [0.15, 0.2) is 18.2 Å². The van der Waals surface area contributed by atoms with Crippen LogP contribution in [0.4, 0.5) is 0 Å². The van der Waals surface area contributed by atoms with E-state index in [4.69, 9.17) is 5.84 Å². The van der Waals surface area contributed by atoms with Gasteiger partial charge in [0, 0.05) is 27.5 Å². The van der Waals surface area contributed by atoms with Gasteiger partial charge in [0.1, 0.15) is 0 Å². The molecule has 2 nitrogen and oxygen atoms in total. The molecule has 1 heterocycles. The minimum absolute atomic E-state index is 0.351. The monoisotopic (exact) mass is 310 g/mol. The van der Waals surface area contributed by atoms with Crippen LogP contribution in [0.1, 0.15) is 30.5 Å². The third-order valence-electron chi connectivity index (χ3n) is 4.26. The topological polar surface area (TPSA) is 38.0 Å². The Morgan fingerprint density at radius 1 is 1.25 bits per heavy atom. The van der Waals surface area contributed by atoms with Gasteiger partial charge in [-0.1, -0.05) is 32.0 Å². The Bertz CT molecular complexity index is 450. The number of nitrogens with one attached hydrogen (secondary N) is 1. The highest BCUT2D eigenvalue weighted by Gasteiger charge is 2.30. The Balaban J connectivity index is 2.03. The number of benzene rings is 1. The minimum atomic E-state index is 0.351. The van der Waals surface area contributed by atoms with Crippen molar-refractivity contribution in [3.63, 3.8) is 0 Å². The molecule has 0 radical (unpaired) electrons. The molecule has 0 spiro atoms. The number of hydrazine groups is 1. The van der Waals surface area contributed by atoms with Gasteiger partial charge in [-0.25, -0.2) is 0 Å². The number of hydrogen-bond acceptors (Lipinski definition) is 4. The first-order chi connectivity index (χ1) is 9.51. The predicted octanol–water partition coefficient (Wildman–Crippen LogP) is 3.30. The molecule has 1 saturated heterocycles. The highest BCUT2D eigenvalue weighted by Crippen LogP contribution is 2.37. The quantitative estimate of drug-likeness (QED) is 0.661. The van der Waals surface area contributed by atoms with Crippen molar-refractivity contribution in [3.8, 4) is 0 Å². The van der Waals surface area contributed by atoms with Crippen LogP contribution in [0.3, 0.4) is 0 Å². The third kappa shape index (κ3) is 3.94. The highest BCUT2D eigenvalue weighted by molar-refractivity contribution is 8.07. The molecule has 4 unspecified atom stereocenters. The molecule has 0 amide bonds. The Kier molecular flexibility index (Phi) is 5.84. The SMILES string of the molecule is Cc1ccc(CC(NN)C2CSC(C)C(C)S2)cc1C. The zero-order valence-electron chi connectivity index (χ0n) is 12.8. The molecule has 0 aromatic heterocycles. The second kappa shape index (κ2) is 7.21. The molecule has 1 aromatic rings. The van der Waals surface area contributed by atoms with Crippen molar-refractivity contribution in [2.24, 2.45) is 5.84 Å². The van der Waals surface area contributed by atoms with Gasteiger partial charge in [0.2, 0.25) is 0 Å². The van der Waals surface area contributed by atoms with Crippen molar-refractivity contribution < 1.29 is 0 Å². The van der Waals surface area contributed by atoms with Crippen molar-refractivity contribution in [1.82, 2.24) is 5.43 Å². The Labute approximate surface area is 131 Å². The molecule has 0 saturated carbocycles. The Morgan fingerprint density at radius 3 is 2.60 bits per heavy atom. The first-order valence-electron chi connectivity index (χ1n) is 7.30. The van der Waals surface area contributed by atoms with Gasteiger partial charge < -0.3 is 0 Å². The number of rotatable bonds is 4. The summed E-state index contributed by atoms with van der Waals surface area (Å²) in [6, 6.07) is 7.10. The van der Waals surface area contributed by atoms with E-state index < -0.39 is 0 Å². The second-order valence-electron chi connectivity index (χ2n) is 5.81. The highest BCUT2D eigenvalue weighted by atomic mass is 32.2. The molecule has 1 aromatic carbocycles. The summed E-state index contributed by atoms with van der Waals surface area (Å²) >= 11 is 4.17. The minimum Gasteiger partial charge on any atom is -0.271 e. The normalized spacial score (nSPS) is 28.4. The van der Waals surface area contributed by atoms with Gasteiger partial charge in [-0.3, -0.25) is 11.3 Å². The first-order valence-corrected chi connectivity index (χ1v) is 9.29. The molecule has 0 aliphatic carbocycles. The standard InChI is InChI=1S/C16H26N2S2/c1-10-5-6-14(7-11(10)2)8-15(18-17)16-9-19-12(3)13(4)20-16/h5-7,12-13,15-16,18H,8-9,17H2,1-4H3. The van der Waals surface area contributed by atoms with Gasteiger partial charge in [0.15, 0.2) is 0 Å². The summed E-state index contributed by atoms with van der Waals surface area (Å²) in [4.78, 5) is 0. The van der Waals surface area contributed by atoms with E-state index >= 15 is 0 Å². The zero-order valence-corrected chi connectivity index (χ0v) is 14.5. The summed E-state index contributed by atoms with van der Waals surface area (Å²) in [5, 5.41) is 2.04. The molecule has 1 aliphatic heterocycles. The first kappa shape index (κ1) is 16.2. The van der Waals surface area contributed by atoms with Crippen molar-refractivity contribution in [2.45, 2.75) is 55.9 Å². The van der Waals surface area contributed by atoms with Crippen molar-refractivity contribution in [1.29, 1.82) is 0 Å². The van der Waals surface area contributed by atoms with E-state index in [1.54, 1.807) is 0 Å². The number of aryl methyl sites for hydroxylation is 2. The van der Waals surface area contributed by atoms with Crippen LogP contribution in [0.25, 0.3) is 0 Å².